The fourth-order valence-corrected chi connectivity index (χ4v) is 3.33. The van der Waals surface area contributed by atoms with Gasteiger partial charge in [0, 0.05) is 51.3 Å². The molecule has 1 aliphatic rings. The minimum atomic E-state index is -0.218. The number of urea groups is 1. The van der Waals surface area contributed by atoms with Crippen LogP contribution in [0.4, 0.5) is 10.5 Å². The number of nitrogens with zero attached hydrogens (tertiary/aromatic N) is 3. The van der Waals surface area contributed by atoms with Crippen LogP contribution in [0.15, 0.2) is 36.7 Å². The van der Waals surface area contributed by atoms with Crippen LogP contribution in [0.3, 0.4) is 0 Å². The lowest BCUT2D eigenvalue weighted by Crippen LogP contribution is -2.49. The number of anilines is 1. The third-order valence-electron chi connectivity index (χ3n) is 4.82. The molecule has 2 heterocycles. The summed E-state index contributed by atoms with van der Waals surface area (Å²) in [6.07, 6.45) is 4.87. The zero-order valence-corrected chi connectivity index (χ0v) is 17.7. The standard InChI is InChI=1S/C20H28N6O2.ClH/c1-3-8-23-20(28)24-16-6-4-15(5-7-16)13-18(27)26-12-9-21-14-17(26)19-22-10-11-25(19)2;/h4-7,10-11,17,21H,3,8-9,12-14H2,1-2H3,(H2,23,24,28);1H. The zero-order valence-electron chi connectivity index (χ0n) is 16.9. The van der Waals surface area contributed by atoms with Gasteiger partial charge in [-0.1, -0.05) is 19.1 Å². The van der Waals surface area contributed by atoms with Gasteiger partial charge in [-0.3, -0.25) is 4.79 Å². The van der Waals surface area contributed by atoms with Gasteiger partial charge in [0.25, 0.3) is 0 Å². The van der Waals surface area contributed by atoms with Crippen molar-refractivity contribution < 1.29 is 9.59 Å². The second kappa shape index (κ2) is 10.8. The second-order valence-electron chi connectivity index (χ2n) is 6.96. The third kappa shape index (κ3) is 5.95. The van der Waals surface area contributed by atoms with Crippen molar-refractivity contribution in [1.29, 1.82) is 0 Å². The van der Waals surface area contributed by atoms with Crippen molar-refractivity contribution in [2.75, 3.05) is 31.5 Å². The van der Waals surface area contributed by atoms with Gasteiger partial charge in [-0.25, -0.2) is 9.78 Å². The normalized spacial score (nSPS) is 16.1. The van der Waals surface area contributed by atoms with Crippen molar-refractivity contribution in [3.05, 3.63) is 48.0 Å². The van der Waals surface area contributed by atoms with Gasteiger partial charge in [0.2, 0.25) is 5.91 Å². The fourth-order valence-electron chi connectivity index (χ4n) is 3.33. The summed E-state index contributed by atoms with van der Waals surface area (Å²) in [5.41, 5.74) is 1.62. The van der Waals surface area contributed by atoms with Crippen LogP contribution < -0.4 is 16.0 Å². The molecule has 1 aliphatic heterocycles. The highest BCUT2D eigenvalue weighted by molar-refractivity contribution is 5.89. The average molecular weight is 421 g/mol. The largest absolute Gasteiger partial charge is 0.338 e. The summed E-state index contributed by atoms with van der Waals surface area (Å²) in [6.45, 7) is 4.78. The molecule has 1 unspecified atom stereocenters. The van der Waals surface area contributed by atoms with Crippen LogP contribution in [-0.2, 0) is 18.3 Å². The van der Waals surface area contributed by atoms with E-state index in [1.807, 2.05) is 53.9 Å². The lowest BCUT2D eigenvalue weighted by Gasteiger charge is -2.35. The van der Waals surface area contributed by atoms with Gasteiger partial charge < -0.3 is 25.4 Å². The fraction of sp³-hybridized carbons (Fsp3) is 0.450. The minimum absolute atomic E-state index is 0. The molecular weight excluding hydrogens is 392 g/mol. The molecule has 1 aromatic heterocycles. The van der Waals surface area contributed by atoms with E-state index in [4.69, 9.17) is 0 Å². The summed E-state index contributed by atoms with van der Waals surface area (Å²) in [7, 11) is 1.95. The van der Waals surface area contributed by atoms with E-state index in [0.717, 1.165) is 24.4 Å². The van der Waals surface area contributed by atoms with Crippen LogP contribution in [0.1, 0.15) is 30.8 Å². The van der Waals surface area contributed by atoms with Gasteiger partial charge in [0.15, 0.2) is 0 Å². The van der Waals surface area contributed by atoms with Crippen LogP contribution in [0.5, 0.6) is 0 Å². The highest BCUT2D eigenvalue weighted by atomic mass is 35.5. The van der Waals surface area contributed by atoms with Crippen LogP contribution in [-0.4, -0.2) is 52.6 Å². The van der Waals surface area contributed by atoms with Gasteiger partial charge >= 0.3 is 6.03 Å². The molecule has 1 saturated heterocycles. The van der Waals surface area contributed by atoms with Crippen LogP contribution >= 0.6 is 12.4 Å². The summed E-state index contributed by atoms with van der Waals surface area (Å²) >= 11 is 0. The Morgan fingerprint density at radius 3 is 2.69 bits per heavy atom. The highest BCUT2D eigenvalue weighted by Gasteiger charge is 2.30. The van der Waals surface area contributed by atoms with Gasteiger partial charge in [-0.15, -0.1) is 12.4 Å². The molecule has 29 heavy (non-hydrogen) atoms. The minimum Gasteiger partial charge on any atom is -0.338 e. The number of aryl methyl sites for hydroxylation is 1. The monoisotopic (exact) mass is 420 g/mol. The quantitative estimate of drug-likeness (QED) is 0.667. The summed E-state index contributed by atoms with van der Waals surface area (Å²) < 4.78 is 1.96. The maximum Gasteiger partial charge on any atom is 0.319 e. The van der Waals surface area contributed by atoms with Crippen molar-refractivity contribution in [2.45, 2.75) is 25.8 Å². The first kappa shape index (κ1) is 22.7. The molecule has 0 radical (unpaired) electrons. The molecular formula is C20H29ClN6O2. The summed E-state index contributed by atoms with van der Waals surface area (Å²) in [4.78, 5) is 31.0. The number of nitrogens with one attached hydrogen (secondary N) is 3. The molecule has 9 heteroatoms. The van der Waals surface area contributed by atoms with Gasteiger partial charge in [0.05, 0.1) is 6.42 Å². The molecule has 0 bridgehead atoms. The Hall–Kier alpha value is -2.58. The van der Waals surface area contributed by atoms with Gasteiger partial charge in [0.1, 0.15) is 11.9 Å². The molecule has 2 aromatic rings. The number of imidazole rings is 1. The number of aromatic nitrogens is 2. The van der Waals surface area contributed by atoms with E-state index in [1.165, 1.54) is 0 Å². The topological polar surface area (TPSA) is 91.3 Å². The summed E-state index contributed by atoms with van der Waals surface area (Å²) in [6, 6.07) is 7.12. The Morgan fingerprint density at radius 1 is 1.28 bits per heavy atom. The Kier molecular flexibility index (Phi) is 8.48. The number of carbonyl (C=O) groups excluding carboxylic acids is 2. The molecule has 1 fully saturated rings. The number of hydrogen-bond donors (Lipinski definition) is 3. The lowest BCUT2D eigenvalue weighted by atomic mass is 10.1. The summed E-state index contributed by atoms with van der Waals surface area (Å²) in [5.74, 6) is 0.967. The second-order valence-corrected chi connectivity index (χ2v) is 6.96. The first-order chi connectivity index (χ1) is 13.6. The number of hydrogen-bond acceptors (Lipinski definition) is 4. The van der Waals surface area contributed by atoms with E-state index < -0.39 is 0 Å². The van der Waals surface area contributed by atoms with E-state index in [1.54, 1.807) is 6.20 Å². The molecule has 1 aromatic carbocycles. The predicted molar refractivity (Wildman–Crippen MR) is 115 cm³/mol. The SMILES string of the molecule is CCCNC(=O)Nc1ccc(CC(=O)N2CCNCC2c2nccn2C)cc1.Cl. The van der Waals surface area contributed by atoms with E-state index in [9.17, 15) is 9.59 Å². The van der Waals surface area contributed by atoms with Crippen molar-refractivity contribution in [2.24, 2.45) is 7.05 Å². The van der Waals surface area contributed by atoms with Crippen LogP contribution in [0.2, 0.25) is 0 Å². The van der Waals surface area contributed by atoms with E-state index in [-0.39, 0.29) is 30.4 Å². The van der Waals surface area contributed by atoms with Crippen LogP contribution in [0, 0.1) is 0 Å². The first-order valence-electron chi connectivity index (χ1n) is 9.69. The molecule has 0 spiro atoms. The number of rotatable bonds is 6. The number of piperazine rings is 1. The molecule has 3 N–H and O–H groups in total. The van der Waals surface area contributed by atoms with Gasteiger partial charge in [-0.05, 0) is 24.1 Å². The Bertz CT molecular complexity index is 808. The van der Waals surface area contributed by atoms with E-state index in [2.05, 4.69) is 20.9 Å². The van der Waals surface area contributed by atoms with E-state index in [0.29, 0.717) is 31.7 Å². The Balaban J connectivity index is 0.00000300. The number of amides is 3. The zero-order chi connectivity index (χ0) is 19.9. The molecule has 158 valence electrons. The predicted octanol–water partition coefficient (Wildman–Crippen LogP) is 2.09. The molecule has 8 nitrogen and oxygen atoms in total. The Labute approximate surface area is 177 Å². The van der Waals surface area contributed by atoms with Crippen LogP contribution in [0.25, 0.3) is 0 Å². The van der Waals surface area contributed by atoms with E-state index >= 15 is 0 Å². The van der Waals surface area contributed by atoms with Crippen molar-refractivity contribution in [3.8, 4) is 0 Å². The van der Waals surface area contributed by atoms with Crippen molar-refractivity contribution >= 4 is 30.0 Å². The smallest absolute Gasteiger partial charge is 0.319 e. The number of halogens is 1. The third-order valence-corrected chi connectivity index (χ3v) is 4.82. The highest BCUT2D eigenvalue weighted by Crippen LogP contribution is 2.22. The maximum absolute atomic E-state index is 12.9. The maximum atomic E-state index is 12.9. The first-order valence-corrected chi connectivity index (χ1v) is 9.69. The number of benzene rings is 1. The van der Waals surface area contributed by atoms with Crippen molar-refractivity contribution in [3.63, 3.8) is 0 Å². The Morgan fingerprint density at radius 2 is 2.03 bits per heavy atom. The van der Waals surface area contributed by atoms with Crippen molar-refractivity contribution in [1.82, 2.24) is 25.1 Å². The molecule has 3 rings (SSSR count). The molecule has 0 aliphatic carbocycles. The number of carbonyl (C=O) groups is 2. The molecule has 3 amide bonds. The molecule has 0 saturated carbocycles. The molecule has 1 atom stereocenters. The summed E-state index contributed by atoms with van der Waals surface area (Å²) in [5, 5.41) is 8.90. The lowest BCUT2D eigenvalue weighted by molar-refractivity contribution is -0.134. The van der Waals surface area contributed by atoms with Gasteiger partial charge in [-0.2, -0.15) is 0 Å². The average Bonchev–Trinajstić information content (AvgIpc) is 3.13.